The summed E-state index contributed by atoms with van der Waals surface area (Å²) in [6.07, 6.45) is 0.718. The molecule has 0 aliphatic carbocycles. The Morgan fingerprint density at radius 3 is 2.23 bits per heavy atom. The van der Waals surface area contributed by atoms with E-state index in [9.17, 15) is 14.4 Å². The summed E-state index contributed by atoms with van der Waals surface area (Å²) in [5.41, 5.74) is 0.238. The van der Waals surface area contributed by atoms with Gasteiger partial charge in [-0.1, -0.05) is 18.2 Å². The average Bonchev–Trinajstić information content (AvgIpc) is 2.85. The molecule has 0 bridgehead atoms. The first-order chi connectivity index (χ1) is 12.3. The summed E-state index contributed by atoms with van der Waals surface area (Å²) in [7, 11) is 0. The van der Waals surface area contributed by atoms with E-state index in [0.29, 0.717) is 31.7 Å². The van der Waals surface area contributed by atoms with E-state index in [1.165, 1.54) is 0 Å². The van der Waals surface area contributed by atoms with Crippen molar-refractivity contribution >= 4 is 17.8 Å². The molecule has 1 aromatic carbocycles. The minimum atomic E-state index is -0.291. The van der Waals surface area contributed by atoms with Crippen molar-refractivity contribution in [3.8, 4) is 0 Å². The Morgan fingerprint density at radius 1 is 0.962 bits per heavy atom. The number of carbonyl (C=O) groups is 3. The van der Waals surface area contributed by atoms with E-state index in [1.54, 1.807) is 34.1 Å². The summed E-state index contributed by atoms with van der Waals surface area (Å²) in [4.78, 5) is 40.1. The second-order valence-corrected chi connectivity index (χ2v) is 7.45. The van der Waals surface area contributed by atoms with Crippen LogP contribution in [0.5, 0.6) is 0 Å². The molecule has 1 aromatic rings. The van der Waals surface area contributed by atoms with Gasteiger partial charge in [0.25, 0.3) is 5.91 Å². The third-order valence-corrected chi connectivity index (χ3v) is 4.05. The van der Waals surface area contributed by atoms with E-state index in [0.717, 1.165) is 6.42 Å². The zero-order valence-electron chi connectivity index (χ0n) is 15.7. The molecule has 0 saturated carbocycles. The Labute approximate surface area is 154 Å². The number of nitrogens with one attached hydrogen (secondary N) is 2. The fraction of sp³-hybridized carbons (Fsp3) is 0.526. The summed E-state index contributed by atoms with van der Waals surface area (Å²) >= 11 is 0. The highest BCUT2D eigenvalue weighted by Gasteiger charge is 2.24. The Balaban J connectivity index is 1.81. The lowest BCUT2D eigenvalue weighted by Crippen LogP contribution is -2.49. The first-order valence-electron chi connectivity index (χ1n) is 8.94. The smallest absolute Gasteiger partial charge is 0.317 e. The number of carbonyl (C=O) groups excluding carboxylic acids is 3. The molecule has 142 valence electrons. The zero-order valence-corrected chi connectivity index (χ0v) is 15.7. The highest BCUT2D eigenvalue weighted by molar-refractivity contribution is 5.96. The van der Waals surface area contributed by atoms with E-state index < -0.39 is 0 Å². The highest BCUT2D eigenvalue weighted by atomic mass is 16.2. The maximum atomic E-state index is 12.4. The summed E-state index contributed by atoms with van der Waals surface area (Å²) in [6, 6.07) is 8.70. The normalized spacial score (nSPS) is 15.2. The molecule has 1 aliphatic heterocycles. The molecule has 1 saturated heterocycles. The second-order valence-electron chi connectivity index (χ2n) is 7.45. The average molecular weight is 360 g/mol. The van der Waals surface area contributed by atoms with Crippen molar-refractivity contribution in [3.63, 3.8) is 0 Å². The summed E-state index contributed by atoms with van der Waals surface area (Å²) in [6.45, 7) is 7.93. The van der Waals surface area contributed by atoms with E-state index in [-0.39, 0.29) is 29.9 Å². The third-order valence-electron chi connectivity index (χ3n) is 4.05. The second kappa shape index (κ2) is 8.69. The third kappa shape index (κ3) is 6.06. The van der Waals surface area contributed by atoms with E-state index in [1.807, 2.05) is 26.8 Å². The number of benzene rings is 1. The fourth-order valence-electron chi connectivity index (χ4n) is 2.73. The molecule has 1 aliphatic rings. The van der Waals surface area contributed by atoms with Gasteiger partial charge in [0.2, 0.25) is 5.91 Å². The molecule has 1 heterocycles. The maximum Gasteiger partial charge on any atom is 0.317 e. The largest absolute Gasteiger partial charge is 0.343 e. The first kappa shape index (κ1) is 19.8. The molecule has 4 amide bonds. The summed E-state index contributed by atoms with van der Waals surface area (Å²) in [5, 5.41) is 5.60. The summed E-state index contributed by atoms with van der Waals surface area (Å²) in [5.74, 6) is -0.396. The van der Waals surface area contributed by atoms with Gasteiger partial charge in [-0.15, -0.1) is 0 Å². The van der Waals surface area contributed by atoms with Crippen LogP contribution in [0.4, 0.5) is 4.79 Å². The number of hydrogen-bond acceptors (Lipinski definition) is 3. The molecule has 0 aromatic heterocycles. The Hall–Kier alpha value is -2.57. The molecule has 0 spiro atoms. The summed E-state index contributed by atoms with van der Waals surface area (Å²) < 4.78 is 0. The van der Waals surface area contributed by atoms with Crippen molar-refractivity contribution < 1.29 is 14.4 Å². The fourth-order valence-corrected chi connectivity index (χ4v) is 2.73. The van der Waals surface area contributed by atoms with Crippen LogP contribution in [-0.4, -0.2) is 65.9 Å². The van der Waals surface area contributed by atoms with Crippen molar-refractivity contribution in [2.45, 2.75) is 32.7 Å². The maximum absolute atomic E-state index is 12.4. The molecule has 0 atom stereocenters. The predicted octanol–water partition coefficient (Wildman–Crippen LogP) is 1.46. The molecule has 0 unspecified atom stereocenters. The lowest BCUT2D eigenvalue weighted by atomic mass is 10.1. The van der Waals surface area contributed by atoms with Crippen molar-refractivity contribution in [2.24, 2.45) is 0 Å². The van der Waals surface area contributed by atoms with Crippen LogP contribution in [0.3, 0.4) is 0 Å². The Morgan fingerprint density at radius 2 is 1.58 bits per heavy atom. The van der Waals surface area contributed by atoms with Gasteiger partial charge in [0.15, 0.2) is 0 Å². The molecular weight excluding hydrogens is 332 g/mol. The predicted molar refractivity (Wildman–Crippen MR) is 99.8 cm³/mol. The minimum Gasteiger partial charge on any atom is -0.343 e. The van der Waals surface area contributed by atoms with Crippen LogP contribution in [-0.2, 0) is 4.79 Å². The van der Waals surface area contributed by atoms with Gasteiger partial charge in [-0.3, -0.25) is 9.59 Å². The van der Waals surface area contributed by atoms with Crippen molar-refractivity contribution in [1.29, 1.82) is 0 Å². The van der Waals surface area contributed by atoms with Gasteiger partial charge in [-0.25, -0.2) is 4.79 Å². The highest BCUT2D eigenvalue weighted by Crippen LogP contribution is 2.07. The standard InChI is InChI=1S/C19H28N4O3/c1-19(2,3)21-18(26)23-11-7-10-22(12-13-23)16(24)14-20-17(25)15-8-5-4-6-9-15/h4-6,8-9H,7,10-14H2,1-3H3,(H,20,25)(H,21,26). The first-order valence-corrected chi connectivity index (χ1v) is 8.94. The van der Waals surface area contributed by atoms with Crippen LogP contribution in [0.25, 0.3) is 0 Å². The van der Waals surface area contributed by atoms with Crippen LogP contribution in [0.2, 0.25) is 0 Å². The van der Waals surface area contributed by atoms with Crippen molar-refractivity contribution in [2.75, 3.05) is 32.7 Å². The van der Waals surface area contributed by atoms with E-state index >= 15 is 0 Å². The monoisotopic (exact) mass is 360 g/mol. The van der Waals surface area contributed by atoms with Gasteiger partial charge in [-0.2, -0.15) is 0 Å². The van der Waals surface area contributed by atoms with Crippen molar-refractivity contribution in [3.05, 3.63) is 35.9 Å². The van der Waals surface area contributed by atoms with E-state index in [2.05, 4.69) is 10.6 Å². The van der Waals surface area contributed by atoms with Gasteiger partial charge < -0.3 is 20.4 Å². The van der Waals surface area contributed by atoms with Gasteiger partial charge in [0.1, 0.15) is 0 Å². The van der Waals surface area contributed by atoms with Gasteiger partial charge >= 0.3 is 6.03 Å². The van der Waals surface area contributed by atoms with Crippen LogP contribution in [0.1, 0.15) is 37.6 Å². The number of urea groups is 1. The molecule has 1 fully saturated rings. The Kier molecular flexibility index (Phi) is 6.60. The van der Waals surface area contributed by atoms with Crippen LogP contribution in [0, 0.1) is 0 Å². The number of amides is 4. The van der Waals surface area contributed by atoms with E-state index in [4.69, 9.17) is 0 Å². The molecule has 7 heteroatoms. The van der Waals surface area contributed by atoms with Crippen LogP contribution in [0.15, 0.2) is 30.3 Å². The van der Waals surface area contributed by atoms with Gasteiger partial charge in [0, 0.05) is 37.3 Å². The molecular formula is C19H28N4O3. The van der Waals surface area contributed by atoms with Crippen LogP contribution >= 0.6 is 0 Å². The van der Waals surface area contributed by atoms with Crippen molar-refractivity contribution in [1.82, 2.24) is 20.4 Å². The SMILES string of the molecule is CC(C)(C)NC(=O)N1CCCN(C(=O)CNC(=O)c2ccccc2)CC1. The quantitative estimate of drug-likeness (QED) is 0.856. The minimum absolute atomic E-state index is 0.0398. The topological polar surface area (TPSA) is 81.8 Å². The molecule has 7 nitrogen and oxygen atoms in total. The van der Waals surface area contributed by atoms with Gasteiger partial charge in [-0.05, 0) is 39.3 Å². The molecule has 2 N–H and O–H groups in total. The number of hydrogen-bond donors (Lipinski definition) is 2. The van der Waals surface area contributed by atoms with Crippen LogP contribution < -0.4 is 10.6 Å². The molecule has 26 heavy (non-hydrogen) atoms. The number of nitrogens with zero attached hydrogens (tertiary/aromatic N) is 2. The lowest BCUT2D eigenvalue weighted by molar-refractivity contribution is -0.129. The van der Waals surface area contributed by atoms with Gasteiger partial charge in [0.05, 0.1) is 6.54 Å². The molecule has 0 radical (unpaired) electrons. The lowest BCUT2D eigenvalue weighted by Gasteiger charge is -2.27. The number of rotatable bonds is 3. The molecule has 2 rings (SSSR count). The Bertz CT molecular complexity index is 640. The zero-order chi connectivity index (χ0) is 19.2.